The molecule has 0 aliphatic rings. The van der Waals surface area contributed by atoms with Gasteiger partial charge in [0.25, 0.3) is 0 Å². The lowest BCUT2D eigenvalue weighted by molar-refractivity contribution is -0.148. The van der Waals surface area contributed by atoms with Crippen LogP contribution in [0.15, 0.2) is 0 Å². The zero-order valence-electron chi connectivity index (χ0n) is 13.9. The Bertz CT molecular complexity index is 312. The van der Waals surface area contributed by atoms with Gasteiger partial charge in [-0.25, -0.2) is 9.59 Å². The summed E-state index contributed by atoms with van der Waals surface area (Å²) in [5, 5.41) is 0. The van der Waals surface area contributed by atoms with Crippen LogP contribution in [0.3, 0.4) is 0 Å². The van der Waals surface area contributed by atoms with Gasteiger partial charge in [0, 0.05) is 20.2 Å². The van der Waals surface area contributed by atoms with E-state index in [-0.39, 0.29) is 18.7 Å². The third-order valence-electron chi connectivity index (χ3n) is 2.51. The summed E-state index contributed by atoms with van der Waals surface area (Å²) in [6.07, 6.45) is 2.34. The molecule has 0 radical (unpaired) electrons. The van der Waals surface area contributed by atoms with Gasteiger partial charge in [0.05, 0.1) is 6.61 Å². The fraction of sp³-hybridized carbons (Fsp3) is 0.867. The van der Waals surface area contributed by atoms with Gasteiger partial charge in [-0.2, -0.15) is 0 Å². The molecule has 0 heterocycles. The van der Waals surface area contributed by atoms with Crippen LogP contribution in [-0.4, -0.2) is 56.0 Å². The highest BCUT2D eigenvalue weighted by Crippen LogP contribution is 2.09. The first-order valence-corrected chi connectivity index (χ1v) is 7.43. The summed E-state index contributed by atoms with van der Waals surface area (Å²) in [6, 6.07) is 0. The number of nitrogens with zero attached hydrogens (tertiary/aromatic N) is 1. The fourth-order valence-electron chi connectivity index (χ4n) is 1.52. The van der Waals surface area contributed by atoms with Crippen molar-refractivity contribution in [2.24, 2.45) is 0 Å². The van der Waals surface area contributed by atoms with Crippen molar-refractivity contribution >= 4 is 12.1 Å². The van der Waals surface area contributed by atoms with Crippen LogP contribution in [0, 0.1) is 0 Å². The lowest BCUT2D eigenvalue weighted by Crippen LogP contribution is -2.34. The maximum absolute atomic E-state index is 11.7. The number of unbranched alkanes of at least 4 members (excludes halogenated alkanes) is 2. The molecule has 0 saturated carbocycles. The molecular formula is C15H29NO5. The lowest BCUT2D eigenvalue weighted by Gasteiger charge is -2.24. The molecule has 0 aliphatic heterocycles. The van der Waals surface area contributed by atoms with E-state index < -0.39 is 5.60 Å². The van der Waals surface area contributed by atoms with Crippen molar-refractivity contribution in [3.8, 4) is 0 Å². The highest BCUT2D eigenvalue weighted by molar-refractivity contribution is 5.70. The predicted octanol–water partition coefficient (Wildman–Crippen LogP) is 2.60. The average molecular weight is 303 g/mol. The third-order valence-corrected chi connectivity index (χ3v) is 2.51. The topological polar surface area (TPSA) is 65.1 Å². The molecule has 0 aromatic carbocycles. The van der Waals surface area contributed by atoms with Gasteiger partial charge in [-0.3, -0.25) is 0 Å². The maximum atomic E-state index is 11.7. The Morgan fingerprint density at radius 1 is 1.10 bits per heavy atom. The van der Waals surface area contributed by atoms with Crippen molar-refractivity contribution in [3.05, 3.63) is 0 Å². The second-order valence-electron chi connectivity index (χ2n) is 5.82. The standard InChI is InChI=1S/C15H29NO5/c1-6-20-13(17)12-19-11-9-7-8-10-16(5)14(18)21-15(2,3)4/h6-12H2,1-5H3. The molecular weight excluding hydrogens is 274 g/mol. The number of amides is 1. The highest BCUT2D eigenvalue weighted by Gasteiger charge is 2.18. The number of hydrogen-bond acceptors (Lipinski definition) is 5. The van der Waals surface area contributed by atoms with Crippen molar-refractivity contribution in [2.75, 3.05) is 33.4 Å². The molecule has 6 nitrogen and oxygen atoms in total. The molecule has 0 unspecified atom stereocenters. The van der Waals surface area contributed by atoms with Gasteiger partial charge >= 0.3 is 12.1 Å². The van der Waals surface area contributed by atoms with Gasteiger partial charge in [-0.1, -0.05) is 0 Å². The van der Waals surface area contributed by atoms with Gasteiger partial charge in [0.2, 0.25) is 0 Å². The van der Waals surface area contributed by atoms with Crippen LogP contribution in [0.1, 0.15) is 47.0 Å². The maximum Gasteiger partial charge on any atom is 0.410 e. The molecule has 0 bridgehead atoms. The Hall–Kier alpha value is -1.30. The number of rotatable bonds is 9. The molecule has 124 valence electrons. The molecule has 21 heavy (non-hydrogen) atoms. The molecule has 0 N–H and O–H groups in total. The van der Waals surface area contributed by atoms with Crippen molar-refractivity contribution < 1.29 is 23.8 Å². The average Bonchev–Trinajstić information content (AvgIpc) is 2.35. The summed E-state index contributed by atoms with van der Waals surface area (Å²) in [5.74, 6) is -0.331. The van der Waals surface area contributed by atoms with E-state index in [0.29, 0.717) is 19.8 Å². The van der Waals surface area contributed by atoms with Gasteiger partial charge in [0.1, 0.15) is 12.2 Å². The molecule has 0 rings (SSSR count). The van der Waals surface area contributed by atoms with Crippen LogP contribution < -0.4 is 0 Å². The molecule has 6 heteroatoms. The van der Waals surface area contributed by atoms with E-state index in [0.717, 1.165) is 19.3 Å². The van der Waals surface area contributed by atoms with Crippen LogP contribution >= 0.6 is 0 Å². The first kappa shape index (κ1) is 19.7. The Balaban J connectivity index is 3.54. The Labute approximate surface area is 127 Å². The normalized spacial score (nSPS) is 11.1. The van der Waals surface area contributed by atoms with E-state index in [4.69, 9.17) is 14.2 Å². The minimum absolute atomic E-state index is 0.00561. The summed E-state index contributed by atoms with van der Waals surface area (Å²) in [7, 11) is 1.73. The quantitative estimate of drug-likeness (QED) is 0.484. The monoisotopic (exact) mass is 303 g/mol. The van der Waals surface area contributed by atoms with Crippen LogP contribution in [0.4, 0.5) is 4.79 Å². The van der Waals surface area contributed by atoms with E-state index >= 15 is 0 Å². The van der Waals surface area contributed by atoms with Gasteiger partial charge in [0.15, 0.2) is 0 Å². The number of carbonyl (C=O) groups excluding carboxylic acids is 2. The predicted molar refractivity (Wildman–Crippen MR) is 80.2 cm³/mol. The van der Waals surface area contributed by atoms with Crippen molar-refractivity contribution in [1.82, 2.24) is 4.90 Å². The molecule has 1 amide bonds. The minimum atomic E-state index is -0.466. The van der Waals surface area contributed by atoms with Crippen LogP contribution in [0.25, 0.3) is 0 Å². The second-order valence-corrected chi connectivity index (χ2v) is 5.82. The van der Waals surface area contributed by atoms with Crippen LogP contribution in [0.2, 0.25) is 0 Å². The first-order chi connectivity index (χ1) is 9.76. The van der Waals surface area contributed by atoms with Crippen LogP contribution in [0.5, 0.6) is 0 Å². The zero-order valence-corrected chi connectivity index (χ0v) is 13.9. The highest BCUT2D eigenvalue weighted by atomic mass is 16.6. The minimum Gasteiger partial charge on any atom is -0.464 e. The first-order valence-electron chi connectivity index (χ1n) is 7.43. The van der Waals surface area contributed by atoms with Crippen molar-refractivity contribution in [2.45, 2.75) is 52.6 Å². The van der Waals surface area contributed by atoms with Crippen LogP contribution in [-0.2, 0) is 19.0 Å². The molecule has 0 saturated heterocycles. The van der Waals surface area contributed by atoms with Gasteiger partial charge in [-0.05, 0) is 47.0 Å². The SMILES string of the molecule is CCOC(=O)COCCCCCN(C)C(=O)OC(C)(C)C. The van der Waals surface area contributed by atoms with Crippen molar-refractivity contribution in [1.29, 1.82) is 0 Å². The zero-order chi connectivity index (χ0) is 16.3. The molecule has 0 fully saturated rings. The Morgan fingerprint density at radius 2 is 1.76 bits per heavy atom. The van der Waals surface area contributed by atoms with Gasteiger partial charge in [-0.15, -0.1) is 0 Å². The number of carbonyl (C=O) groups is 2. The summed E-state index contributed by atoms with van der Waals surface area (Å²) < 4.78 is 15.2. The lowest BCUT2D eigenvalue weighted by atomic mass is 10.2. The molecule has 0 aliphatic carbocycles. The summed E-state index contributed by atoms with van der Waals surface area (Å²) in [5.41, 5.74) is -0.466. The summed E-state index contributed by atoms with van der Waals surface area (Å²) >= 11 is 0. The smallest absolute Gasteiger partial charge is 0.410 e. The fourth-order valence-corrected chi connectivity index (χ4v) is 1.52. The molecule has 0 aromatic rings. The molecule has 0 spiro atoms. The van der Waals surface area contributed by atoms with E-state index in [1.807, 2.05) is 20.8 Å². The van der Waals surface area contributed by atoms with E-state index in [1.165, 1.54) is 0 Å². The largest absolute Gasteiger partial charge is 0.464 e. The van der Waals surface area contributed by atoms with E-state index in [9.17, 15) is 9.59 Å². The van der Waals surface area contributed by atoms with Gasteiger partial charge < -0.3 is 19.1 Å². The Kier molecular flexibility index (Phi) is 9.78. The Morgan fingerprint density at radius 3 is 2.33 bits per heavy atom. The summed E-state index contributed by atoms with van der Waals surface area (Å²) in [6.45, 7) is 8.85. The van der Waals surface area contributed by atoms with E-state index in [2.05, 4.69) is 0 Å². The molecule has 0 atom stereocenters. The van der Waals surface area contributed by atoms with E-state index in [1.54, 1.807) is 18.9 Å². The second kappa shape index (κ2) is 10.4. The number of ether oxygens (including phenoxy) is 3. The number of hydrogen-bond donors (Lipinski definition) is 0. The summed E-state index contributed by atoms with van der Waals surface area (Å²) in [4.78, 5) is 24.3. The third kappa shape index (κ3) is 12.2. The molecule has 0 aromatic heterocycles. The number of esters is 1. The van der Waals surface area contributed by atoms with Crippen molar-refractivity contribution in [3.63, 3.8) is 0 Å².